The molecule has 0 saturated carbocycles. The van der Waals surface area contributed by atoms with Crippen LogP contribution in [-0.4, -0.2) is 45.7 Å². The quantitative estimate of drug-likeness (QED) is 0.0906. The number of aliphatic carboxylic acids is 2. The van der Waals surface area contributed by atoms with E-state index in [9.17, 15) is 19.5 Å². The van der Waals surface area contributed by atoms with Crippen LogP contribution in [0.25, 0.3) is 23.1 Å². The molecule has 0 bridgehead atoms. The van der Waals surface area contributed by atoms with E-state index in [2.05, 4.69) is 0 Å². The number of aromatic nitrogens is 1. The number of carboxylic acid groups (broad SMARTS) is 2. The number of benzene rings is 3. The van der Waals surface area contributed by atoms with Gasteiger partial charge in [-0.25, -0.2) is 0 Å². The van der Waals surface area contributed by atoms with Gasteiger partial charge in [0.25, 0.3) is 0 Å². The standard InChI is InChI=1S/C32H30ClNO7/c33-27-8-1-2-9-29(27)41-19-4-3-18-40-24-14-11-22(12-15-24)10-13-23-6-5-7-25-26(28(35)16-17-30(36)37)20-34(32(23)25)21-31(38)39/h1-2,5-15,20H,3-4,16-19,21H2,(H,36,37)(H,38,39). The first-order valence-electron chi connectivity index (χ1n) is 13.2. The third-order valence-electron chi connectivity index (χ3n) is 6.34. The Morgan fingerprint density at radius 2 is 1.54 bits per heavy atom. The number of hydrogen-bond acceptors (Lipinski definition) is 5. The van der Waals surface area contributed by atoms with Gasteiger partial charge in [0, 0.05) is 23.6 Å². The molecule has 0 unspecified atom stereocenters. The topological polar surface area (TPSA) is 115 Å². The maximum atomic E-state index is 12.7. The third-order valence-corrected chi connectivity index (χ3v) is 6.65. The first-order chi connectivity index (χ1) is 19.8. The summed E-state index contributed by atoms with van der Waals surface area (Å²) in [5.41, 5.74) is 2.56. The number of halogens is 1. The van der Waals surface area contributed by atoms with E-state index in [1.165, 1.54) is 10.8 Å². The van der Waals surface area contributed by atoms with Crippen molar-refractivity contribution in [2.75, 3.05) is 13.2 Å². The monoisotopic (exact) mass is 575 g/mol. The molecule has 3 aromatic carbocycles. The average Bonchev–Trinajstić information content (AvgIpc) is 3.32. The van der Waals surface area contributed by atoms with E-state index in [4.69, 9.17) is 26.2 Å². The Labute approximate surface area is 242 Å². The largest absolute Gasteiger partial charge is 0.494 e. The zero-order valence-corrected chi connectivity index (χ0v) is 23.0. The molecule has 0 radical (unpaired) electrons. The number of ketones is 1. The summed E-state index contributed by atoms with van der Waals surface area (Å²) >= 11 is 6.09. The molecule has 0 amide bonds. The number of Topliss-reactive ketones (excluding diaryl/α,β-unsaturated/α-hetero) is 1. The SMILES string of the molecule is O=C(O)CCC(=O)c1cn(CC(=O)O)c2c(C=Cc3ccc(OCCCCOc4ccccc4Cl)cc3)cccc12. The second kappa shape index (κ2) is 14.2. The number of hydrogen-bond donors (Lipinski definition) is 2. The smallest absolute Gasteiger partial charge is 0.323 e. The summed E-state index contributed by atoms with van der Waals surface area (Å²) in [7, 11) is 0. The Morgan fingerprint density at radius 3 is 2.24 bits per heavy atom. The summed E-state index contributed by atoms with van der Waals surface area (Å²) in [6, 6.07) is 20.4. The van der Waals surface area contributed by atoms with Crippen molar-refractivity contribution < 1.29 is 34.1 Å². The summed E-state index contributed by atoms with van der Waals surface area (Å²) in [4.78, 5) is 35.1. The van der Waals surface area contributed by atoms with E-state index >= 15 is 0 Å². The van der Waals surface area contributed by atoms with Crippen molar-refractivity contribution in [1.29, 1.82) is 0 Å². The molecule has 212 valence electrons. The van der Waals surface area contributed by atoms with Crippen molar-refractivity contribution in [3.8, 4) is 11.5 Å². The number of unbranched alkanes of at least 4 members (excludes halogenated alkanes) is 1. The van der Waals surface area contributed by atoms with Gasteiger partial charge in [0.05, 0.1) is 30.2 Å². The summed E-state index contributed by atoms with van der Waals surface area (Å²) in [5, 5.41) is 19.5. The average molecular weight is 576 g/mol. The van der Waals surface area contributed by atoms with Crippen LogP contribution < -0.4 is 9.47 Å². The van der Waals surface area contributed by atoms with Crippen LogP contribution >= 0.6 is 11.6 Å². The molecular weight excluding hydrogens is 546 g/mol. The molecule has 0 atom stereocenters. The molecule has 0 fully saturated rings. The number of carboxylic acids is 2. The fraction of sp³-hybridized carbons (Fsp3) is 0.219. The van der Waals surface area contributed by atoms with Crippen LogP contribution in [0.1, 0.15) is 47.2 Å². The lowest BCUT2D eigenvalue weighted by Crippen LogP contribution is -2.08. The number of ether oxygens (including phenoxy) is 2. The number of carbonyl (C=O) groups excluding carboxylic acids is 1. The highest BCUT2D eigenvalue weighted by atomic mass is 35.5. The first kappa shape index (κ1) is 29.4. The Morgan fingerprint density at radius 1 is 0.805 bits per heavy atom. The number of para-hydroxylation sites is 2. The van der Waals surface area contributed by atoms with Gasteiger partial charge in [0.2, 0.25) is 0 Å². The second-order valence-electron chi connectivity index (χ2n) is 9.36. The van der Waals surface area contributed by atoms with E-state index in [-0.39, 0.29) is 25.2 Å². The van der Waals surface area contributed by atoms with Gasteiger partial charge in [-0.1, -0.05) is 66.2 Å². The summed E-state index contributed by atoms with van der Waals surface area (Å²) in [6.45, 7) is 0.778. The Balaban J connectivity index is 1.38. The number of carbonyl (C=O) groups is 3. The van der Waals surface area contributed by atoms with Gasteiger partial charge in [-0.2, -0.15) is 0 Å². The van der Waals surface area contributed by atoms with Crippen molar-refractivity contribution in [2.24, 2.45) is 0 Å². The van der Waals surface area contributed by atoms with E-state index < -0.39 is 11.9 Å². The van der Waals surface area contributed by atoms with Crippen molar-refractivity contribution in [3.05, 3.63) is 94.6 Å². The molecule has 2 N–H and O–H groups in total. The molecule has 4 rings (SSSR count). The highest BCUT2D eigenvalue weighted by molar-refractivity contribution is 6.32. The van der Waals surface area contributed by atoms with E-state index in [0.29, 0.717) is 40.5 Å². The Kier molecular flexibility index (Phi) is 10.2. The molecule has 4 aromatic rings. The summed E-state index contributed by atoms with van der Waals surface area (Å²) in [6.07, 6.45) is 6.46. The lowest BCUT2D eigenvalue weighted by atomic mass is 10.0. The Bertz CT molecular complexity index is 1560. The summed E-state index contributed by atoms with van der Waals surface area (Å²) in [5.74, 6) is -1.03. The number of fused-ring (bicyclic) bond motifs is 1. The van der Waals surface area contributed by atoms with Crippen LogP contribution in [0, 0.1) is 0 Å². The molecular formula is C32H30ClNO7. The van der Waals surface area contributed by atoms with Gasteiger partial charge < -0.3 is 24.3 Å². The van der Waals surface area contributed by atoms with E-state index in [1.807, 2.05) is 60.7 Å². The fourth-order valence-corrected chi connectivity index (χ4v) is 4.56. The lowest BCUT2D eigenvalue weighted by Gasteiger charge is -2.09. The molecule has 0 aliphatic heterocycles. The molecule has 1 aromatic heterocycles. The minimum atomic E-state index is -1.06. The number of rotatable bonds is 15. The predicted octanol–water partition coefficient (Wildman–Crippen LogP) is 6.84. The van der Waals surface area contributed by atoms with Gasteiger partial charge >= 0.3 is 11.9 Å². The van der Waals surface area contributed by atoms with Crippen molar-refractivity contribution >= 4 is 52.4 Å². The molecule has 9 heteroatoms. The third kappa shape index (κ3) is 8.22. The molecule has 41 heavy (non-hydrogen) atoms. The summed E-state index contributed by atoms with van der Waals surface area (Å²) < 4.78 is 13.0. The van der Waals surface area contributed by atoms with Gasteiger partial charge in [-0.3, -0.25) is 14.4 Å². The maximum absolute atomic E-state index is 12.7. The predicted molar refractivity (Wildman–Crippen MR) is 158 cm³/mol. The fourth-order valence-electron chi connectivity index (χ4n) is 4.37. The molecule has 0 saturated heterocycles. The van der Waals surface area contributed by atoms with Crippen LogP contribution in [0.3, 0.4) is 0 Å². The van der Waals surface area contributed by atoms with Crippen LogP contribution in [0.4, 0.5) is 0 Å². The first-order valence-corrected chi connectivity index (χ1v) is 13.6. The van der Waals surface area contributed by atoms with Crippen LogP contribution in [0.2, 0.25) is 5.02 Å². The molecule has 1 heterocycles. The zero-order chi connectivity index (χ0) is 29.2. The van der Waals surface area contributed by atoms with Crippen molar-refractivity contribution in [3.63, 3.8) is 0 Å². The van der Waals surface area contributed by atoms with E-state index in [1.54, 1.807) is 18.2 Å². The highest BCUT2D eigenvalue weighted by Crippen LogP contribution is 2.28. The Hall–Kier alpha value is -4.56. The maximum Gasteiger partial charge on any atom is 0.323 e. The van der Waals surface area contributed by atoms with Crippen LogP contribution in [0.5, 0.6) is 11.5 Å². The van der Waals surface area contributed by atoms with Crippen LogP contribution in [0.15, 0.2) is 72.9 Å². The highest BCUT2D eigenvalue weighted by Gasteiger charge is 2.18. The van der Waals surface area contributed by atoms with Gasteiger partial charge in [0.1, 0.15) is 18.0 Å². The van der Waals surface area contributed by atoms with Gasteiger partial charge in [-0.05, 0) is 48.2 Å². The molecule has 8 nitrogen and oxygen atoms in total. The van der Waals surface area contributed by atoms with Crippen molar-refractivity contribution in [1.82, 2.24) is 4.57 Å². The van der Waals surface area contributed by atoms with E-state index in [0.717, 1.165) is 29.7 Å². The van der Waals surface area contributed by atoms with Crippen LogP contribution in [-0.2, 0) is 16.1 Å². The van der Waals surface area contributed by atoms with Gasteiger partial charge in [-0.15, -0.1) is 0 Å². The normalized spacial score (nSPS) is 11.1. The molecule has 0 spiro atoms. The second-order valence-corrected chi connectivity index (χ2v) is 9.77. The van der Waals surface area contributed by atoms with Crippen molar-refractivity contribution in [2.45, 2.75) is 32.2 Å². The zero-order valence-electron chi connectivity index (χ0n) is 22.3. The van der Waals surface area contributed by atoms with Gasteiger partial charge in [0.15, 0.2) is 5.78 Å². The molecule has 0 aliphatic carbocycles. The minimum absolute atomic E-state index is 0.160. The lowest BCUT2D eigenvalue weighted by molar-refractivity contribution is -0.138. The minimum Gasteiger partial charge on any atom is -0.494 e. The number of nitrogens with zero attached hydrogens (tertiary/aromatic N) is 1. The molecule has 0 aliphatic rings.